The second kappa shape index (κ2) is 6.20. The van der Waals surface area contributed by atoms with Crippen molar-refractivity contribution < 1.29 is 19.4 Å². The van der Waals surface area contributed by atoms with Gasteiger partial charge in [0.2, 0.25) is 6.79 Å². The van der Waals surface area contributed by atoms with Crippen LogP contribution in [-0.4, -0.2) is 35.9 Å². The number of carboxylic acids is 1. The Morgan fingerprint density at radius 1 is 1.45 bits per heavy atom. The molecule has 0 bridgehead atoms. The third-order valence-corrected chi connectivity index (χ3v) is 4.10. The van der Waals surface area contributed by atoms with Crippen LogP contribution < -0.4 is 9.47 Å². The van der Waals surface area contributed by atoms with Crippen LogP contribution in [0.3, 0.4) is 0 Å². The molecule has 0 saturated carbocycles. The van der Waals surface area contributed by atoms with Crippen molar-refractivity contribution in [3.8, 4) is 11.5 Å². The van der Waals surface area contributed by atoms with Gasteiger partial charge in [-0.15, -0.1) is 12.4 Å². The van der Waals surface area contributed by atoms with Crippen molar-refractivity contribution in [3.05, 3.63) is 22.2 Å². The molecular weight excluding hydrogens is 350 g/mol. The first-order chi connectivity index (χ1) is 9.13. The molecule has 1 unspecified atom stereocenters. The van der Waals surface area contributed by atoms with Gasteiger partial charge in [-0.25, -0.2) is 0 Å². The zero-order valence-corrected chi connectivity index (χ0v) is 13.1. The Bertz CT molecular complexity index is 525. The highest BCUT2D eigenvalue weighted by Crippen LogP contribution is 2.40. The lowest BCUT2D eigenvalue weighted by Gasteiger charge is -2.15. The fraction of sp³-hybridized carbons (Fsp3) is 0.462. The molecule has 1 aromatic rings. The van der Waals surface area contributed by atoms with E-state index >= 15 is 0 Å². The minimum Gasteiger partial charge on any atom is -0.481 e. The number of aliphatic carboxylic acids is 1. The summed E-state index contributed by atoms with van der Waals surface area (Å²) in [4.78, 5) is 13.1. The summed E-state index contributed by atoms with van der Waals surface area (Å²) >= 11 is 3.46. The molecule has 3 rings (SSSR count). The Labute approximate surface area is 131 Å². The van der Waals surface area contributed by atoms with Crippen LogP contribution in [0, 0.1) is 5.92 Å². The zero-order valence-electron chi connectivity index (χ0n) is 10.7. The van der Waals surface area contributed by atoms with Crippen molar-refractivity contribution in [1.29, 1.82) is 0 Å². The van der Waals surface area contributed by atoms with E-state index in [9.17, 15) is 4.79 Å². The van der Waals surface area contributed by atoms with Gasteiger partial charge in [-0.1, -0.05) is 0 Å². The fourth-order valence-corrected chi connectivity index (χ4v) is 3.15. The lowest BCUT2D eigenvalue weighted by molar-refractivity contribution is -0.141. The molecule has 20 heavy (non-hydrogen) atoms. The highest BCUT2D eigenvalue weighted by Gasteiger charge is 2.28. The van der Waals surface area contributed by atoms with Crippen LogP contribution in [-0.2, 0) is 11.3 Å². The maximum Gasteiger partial charge on any atom is 0.307 e. The standard InChI is InChI=1S/C13H14BrNO4.ClH/c14-10-3-8(4-11-12(10)19-7-18-11)5-15-2-1-9(6-15)13(16)17;/h3-4,9H,1-2,5-7H2,(H,16,17);1H. The number of hydrogen-bond acceptors (Lipinski definition) is 4. The quantitative estimate of drug-likeness (QED) is 0.893. The molecule has 0 radical (unpaired) electrons. The van der Waals surface area contributed by atoms with E-state index in [0.717, 1.165) is 41.0 Å². The molecule has 1 saturated heterocycles. The van der Waals surface area contributed by atoms with E-state index in [2.05, 4.69) is 20.8 Å². The van der Waals surface area contributed by atoms with E-state index in [0.29, 0.717) is 6.54 Å². The zero-order chi connectivity index (χ0) is 13.4. The number of carbonyl (C=O) groups is 1. The molecule has 2 aliphatic heterocycles. The second-order valence-corrected chi connectivity index (χ2v) is 5.72. The molecule has 2 aliphatic rings. The number of rotatable bonds is 3. The van der Waals surface area contributed by atoms with Crippen LogP contribution in [0.5, 0.6) is 11.5 Å². The lowest BCUT2D eigenvalue weighted by atomic mass is 10.1. The largest absolute Gasteiger partial charge is 0.481 e. The molecule has 5 nitrogen and oxygen atoms in total. The van der Waals surface area contributed by atoms with Crippen molar-refractivity contribution in [3.63, 3.8) is 0 Å². The average Bonchev–Trinajstić information content (AvgIpc) is 2.97. The van der Waals surface area contributed by atoms with Crippen molar-refractivity contribution in [2.45, 2.75) is 13.0 Å². The Kier molecular flexibility index (Phi) is 4.78. The summed E-state index contributed by atoms with van der Waals surface area (Å²) in [6, 6.07) is 3.96. The van der Waals surface area contributed by atoms with Gasteiger partial charge in [0.05, 0.1) is 10.4 Å². The van der Waals surface area contributed by atoms with Crippen molar-refractivity contribution in [2.75, 3.05) is 19.9 Å². The normalized spacial score (nSPS) is 20.8. The molecule has 0 spiro atoms. The molecule has 0 amide bonds. The van der Waals surface area contributed by atoms with Crippen LogP contribution in [0.4, 0.5) is 0 Å². The first-order valence-electron chi connectivity index (χ1n) is 6.16. The number of fused-ring (bicyclic) bond motifs is 1. The Hall–Kier alpha value is -0.980. The van der Waals surface area contributed by atoms with Gasteiger partial charge in [-0.3, -0.25) is 9.69 Å². The number of hydrogen-bond donors (Lipinski definition) is 1. The number of carboxylic acid groups (broad SMARTS) is 1. The van der Waals surface area contributed by atoms with Gasteiger partial charge < -0.3 is 14.6 Å². The number of halogens is 2. The molecule has 1 fully saturated rings. The topological polar surface area (TPSA) is 59.0 Å². The van der Waals surface area contributed by atoms with Crippen LogP contribution in [0.2, 0.25) is 0 Å². The Morgan fingerprint density at radius 2 is 2.25 bits per heavy atom. The monoisotopic (exact) mass is 363 g/mol. The summed E-state index contributed by atoms with van der Waals surface area (Å²) in [7, 11) is 0. The molecule has 110 valence electrons. The number of likely N-dealkylation sites (tertiary alicyclic amines) is 1. The van der Waals surface area contributed by atoms with E-state index in [1.54, 1.807) is 0 Å². The van der Waals surface area contributed by atoms with E-state index in [1.807, 2.05) is 12.1 Å². The van der Waals surface area contributed by atoms with Gasteiger partial charge in [0, 0.05) is 13.1 Å². The van der Waals surface area contributed by atoms with E-state index in [1.165, 1.54) is 0 Å². The summed E-state index contributed by atoms with van der Waals surface area (Å²) in [6.45, 7) is 2.42. The van der Waals surface area contributed by atoms with Gasteiger partial charge in [0.15, 0.2) is 11.5 Å². The Morgan fingerprint density at radius 3 is 2.95 bits per heavy atom. The SMILES string of the molecule is Cl.O=C(O)C1CCN(Cc2cc(Br)c3c(c2)OCO3)C1. The predicted molar refractivity (Wildman–Crippen MR) is 78.5 cm³/mol. The van der Waals surface area contributed by atoms with Gasteiger partial charge in [0.1, 0.15) is 0 Å². The molecule has 7 heteroatoms. The van der Waals surface area contributed by atoms with Crippen molar-refractivity contribution in [1.82, 2.24) is 4.90 Å². The molecule has 1 N–H and O–H groups in total. The first kappa shape index (κ1) is 15.4. The summed E-state index contributed by atoms with van der Waals surface area (Å²) in [6.07, 6.45) is 0.723. The summed E-state index contributed by atoms with van der Waals surface area (Å²) in [5.74, 6) is 0.554. The van der Waals surface area contributed by atoms with Crippen LogP contribution in [0.25, 0.3) is 0 Å². The van der Waals surface area contributed by atoms with Gasteiger partial charge >= 0.3 is 5.97 Å². The van der Waals surface area contributed by atoms with E-state index in [-0.39, 0.29) is 25.1 Å². The van der Waals surface area contributed by atoms with E-state index in [4.69, 9.17) is 14.6 Å². The minimum atomic E-state index is -0.700. The van der Waals surface area contributed by atoms with Crippen molar-refractivity contribution >= 4 is 34.3 Å². The van der Waals surface area contributed by atoms with E-state index < -0.39 is 5.97 Å². The predicted octanol–water partition coefficient (Wildman–Crippen LogP) is 2.51. The summed E-state index contributed by atoms with van der Waals surface area (Å²) in [5, 5.41) is 9.00. The minimum absolute atomic E-state index is 0. The fourth-order valence-electron chi connectivity index (χ4n) is 2.55. The Balaban J connectivity index is 0.00000147. The third-order valence-electron chi connectivity index (χ3n) is 3.51. The molecule has 1 atom stereocenters. The summed E-state index contributed by atoms with van der Waals surface area (Å²) < 4.78 is 11.6. The highest BCUT2D eigenvalue weighted by molar-refractivity contribution is 9.10. The molecule has 0 aliphatic carbocycles. The highest BCUT2D eigenvalue weighted by atomic mass is 79.9. The van der Waals surface area contributed by atoms with Crippen molar-refractivity contribution in [2.24, 2.45) is 5.92 Å². The van der Waals surface area contributed by atoms with Gasteiger partial charge in [-0.2, -0.15) is 0 Å². The molecule has 1 aromatic carbocycles. The van der Waals surface area contributed by atoms with Crippen LogP contribution >= 0.6 is 28.3 Å². The number of nitrogens with zero attached hydrogens (tertiary/aromatic N) is 1. The van der Waals surface area contributed by atoms with Gasteiger partial charge in [0.25, 0.3) is 0 Å². The smallest absolute Gasteiger partial charge is 0.307 e. The van der Waals surface area contributed by atoms with Crippen LogP contribution in [0.15, 0.2) is 16.6 Å². The lowest BCUT2D eigenvalue weighted by Crippen LogP contribution is -2.22. The molecule has 2 heterocycles. The molecular formula is C13H15BrClNO4. The first-order valence-corrected chi connectivity index (χ1v) is 6.96. The number of ether oxygens (including phenoxy) is 2. The second-order valence-electron chi connectivity index (χ2n) is 4.87. The number of benzene rings is 1. The average molecular weight is 365 g/mol. The maximum atomic E-state index is 10.9. The maximum absolute atomic E-state index is 10.9. The van der Waals surface area contributed by atoms with Gasteiger partial charge in [-0.05, 0) is 46.6 Å². The van der Waals surface area contributed by atoms with Crippen LogP contribution in [0.1, 0.15) is 12.0 Å². The third kappa shape index (κ3) is 3.02. The summed E-state index contributed by atoms with van der Waals surface area (Å²) in [5.41, 5.74) is 1.10. The molecule has 0 aromatic heterocycles.